The third-order valence-corrected chi connectivity index (χ3v) is 3.99. The third kappa shape index (κ3) is 3.60. The number of hydrogen-bond acceptors (Lipinski definition) is 1. The van der Waals surface area contributed by atoms with E-state index >= 15 is 0 Å². The summed E-state index contributed by atoms with van der Waals surface area (Å²) in [6, 6.07) is 13.7. The molecule has 0 saturated carbocycles. The molecule has 0 aliphatic heterocycles. The minimum absolute atomic E-state index is 0.120. The average molecular weight is 336 g/mol. The molecule has 1 N–H and O–H groups in total. The number of nitrogens with one attached hydrogen (secondary N) is 1. The zero-order valence-corrected chi connectivity index (χ0v) is 13.5. The number of halogens is 2. The van der Waals surface area contributed by atoms with Gasteiger partial charge in [0.2, 0.25) is 0 Å². The summed E-state index contributed by atoms with van der Waals surface area (Å²) in [5.41, 5.74) is 3.44. The second-order valence-corrected chi connectivity index (χ2v) is 6.17. The second kappa shape index (κ2) is 6.40. The first kappa shape index (κ1) is 15.0. The lowest BCUT2D eigenvalue weighted by molar-refractivity contribution is 0.619. The highest BCUT2D eigenvalue weighted by atomic mass is 79.9. The molecule has 3 heteroatoms. The predicted molar refractivity (Wildman–Crippen MR) is 86.7 cm³/mol. The Morgan fingerprint density at radius 1 is 1.00 bits per heavy atom. The van der Waals surface area contributed by atoms with Crippen LogP contribution in [-0.4, -0.2) is 0 Å². The summed E-state index contributed by atoms with van der Waals surface area (Å²) in [6.45, 7) is 6.43. The van der Waals surface area contributed by atoms with Crippen LogP contribution in [0.5, 0.6) is 0 Å². The Morgan fingerprint density at radius 2 is 1.75 bits per heavy atom. The highest BCUT2D eigenvalue weighted by Crippen LogP contribution is 2.25. The summed E-state index contributed by atoms with van der Waals surface area (Å²) in [6.07, 6.45) is 0. The number of benzene rings is 2. The summed E-state index contributed by atoms with van der Waals surface area (Å²) in [4.78, 5) is 0. The standard InChI is InChI=1S/C17H19BrFN/c1-11(2)13-5-4-6-15(9-13)20-12(3)14-7-8-17(19)16(18)10-14/h4-12,20H,1-3H3. The molecule has 0 spiro atoms. The first-order chi connectivity index (χ1) is 9.47. The Bertz CT molecular complexity index is 595. The molecule has 1 unspecified atom stereocenters. The van der Waals surface area contributed by atoms with Crippen LogP contribution in [0.1, 0.15) is 43.9 Å². The molecule has 0 saturated heterocycles. The van der Waals surface area contributed by atoms with Crippen LogP contribution in [0.25, 0.3) is 0 Å². The maximum absolute atomic E-state index is 13.3. The first-order valence-electron chi connectivity index (χ1n) is 6.79. The van der Waals surface area contributed by atoms with E-state index < -0.39 is 0 Å². The Morgan fingerprint density at radius 3 is 2.40 bits per heavy atom. The van der Waals surface area contributed by atoms with E-state index in [-0.39, 0.29) is 11.9 Å². The molecule has 2 aromatic rings. The van der Waals surface area contributed by atoms with E-state index in [9.17, 15) is 4.39 Å². The third-order valence-electron chi connectivity index (χ3n) is 3.38. The highest BCUT2D eigenvalue weighted by Gasteiger charge is 2.09. The average Bonchev–Trinajstić information content (AvgIpc) is 2.42. The summed E-state index contributed by atoms with van der Waals surface area (Å²) in [5, 5.41) is 3.46. The fourth-order valence-corrected chi connectivity index (χ4v) is 2.50. The Hall–Kier alpha value is -1.35. The van der Waals surface area contributed by atoms with Gasteiger partial charge in [0.05, 0.1) is 4.47 Å². The largest absolute Gasteiger partial charge is 0.379 e. The molecule has 106 valence electrons. The fourth-order valence-electron chi connectivity index (χ4n) is 2.10. The highest BCUT2D eigenvalue weighted by molar-refractivity contribution is 9.10. The van der Waals surface area contributed by atoms with Crippen LogP contribution >= 0.6 is 15.9 Å². The molecule has 20 heavy (non-hydrogen) atoms. The van der Waals surface area contributed by atoms with Crippen molar-refractivity contribution in [3.05, 3.63) is 63.9 Å². The Labute approximate surface area is 128 Å². The van der Waals surface area contributed by atoms with E-state index in [4.69, 9.17) is 0 Å². The summed E-state index contributed by atoms with van der Waals surface area (Å²) < 4.78 is 13.8. The molecule has 1 nitrogen and oxygen atoms in total. The van der Waals surface area contributed by atoms with Gasteiger partial charge in [-0.2, -0.15) is 0 Å². The molecule has 0 aromatic heterocycles. The summed E-state index contributed by atoms with van der Waals surface area (Å²) in [7, 11) is 0. The quantitative estimate of drug-likeness (QED) is 0.735. The second-order valence-electron chi connectivity index (χ2n) is 5.32. The van der Waals surface area contributed by atoms with Gasteiger partial charge in [0.25, 0.3) is 0 Å². The van der Waals surface area contributed by atoms with E-state index in [1.165, 1.54) is 11.6 Å². The van der Waals surface area contributed by atoms with Crippen molar-refractivity contribution >= 4 is 21.6 Å². The van der Waals surface area contributed by atoms with Crippen LogP contribution in [0.4, 0.5) is 10.1 Å². The molecule has 0 aliphatic rings. The molecule has 0 radical (unpaired) electrons. The van der Waals surface area contributed by atoms with Gasteiger partial charge in [0.15, 0.2) is 0 Å². The van der Waals surface area contributed by atoms with Gasteiger partial charge in [-0.25, -0.2) is 4.39 Å². The van der Waals surface area contributed by atoms with Crippen molar-refractivity contribution in [1.82, 2.24) is 0 Å². The Kier molecular flexibility index (Phi) is 4.81. The van der Waals surface area contributed by atoms with Gasteiger partial charge < -0.3 is 5.32 Å². The van der Waals surface area contributed by atoms with Gasteiger partial charge in [-0.1, -0.05) is 32.0 Å². The van der Waals surface area contributed by atoms with Crippen LogP contribution in [0.3, 0.4) is 0 Å². The number of anilines is 1. The van der Waals surface area contributed by atoms with Crippen LogP contribution in [0.2, 0.25) is 0 Å². The molecule has 0 amide bonds. The van der Waals surface area contributed by atoms with E-state index in [1.54, 1.807) is 0 Å². The van der Waals surface area contributed by atoms with Gasteiger partial charge >= 0.3 is 0 Å². The van der Waals surface area contributed by atoms with Gasteiger partial charge in [-0.15, -0.1) is 0 Å². The van der Waals surface area contributed by atoms with Gasteiger partial charge in [-0.3, -0.25) is 0 Å². The topological polar surface area (TPSA) is 12.0 Å². The molecule has 2 rings (SSSR count). The lowest BCUT2D eigenvalue weighted by Gasteiger charge is -2.17. The van der Waals surface area contributed by atoms with E-state index in [0.717, 1.165) is 11.3 Å². The van der Waals surface area contributed by atoms with Crippen LogP contribution in [-0.2, 0) is 0 Å². The molecule has 0 fully saturated rings. The monoisotopic (exact) mass is 335 g/mol. The van der Waals surface area contributed by atoms with Gasteiger partial charge in [-0.05, 0) is 64.2 Å². The molecule has 0 heterocycles. The van der Waals surface area contributed by atoms with E-state index in [1.807, 2.05) is 12.1 Å². The maximum Gasteiger partial charge on any atom is 0.137 e. The summed E-state index contributed by atoms with van der Waals surface area (Å²) >= 11 is 3.23. The van der Waals surface area contributed by atoms with Crippen LogP contribution in [0.15, 0.2) is 46.9 Å². The van der Waals surface area contributed by atoms with Gasteiger partial charge in [0.1, 0.15) is 5.82 Å². The van der Waals surface area contributed by atoms with E-state index in [0.29, 0.717) is 10.4 Å². The van der Waals surface area contributed by atoms with Crippen molar-refractivity contribution in [2.75, 3.05) is 5.32 Å². The lowest BCUT2D eigenvalue weighted by atomic mass is 10.0. The smallest absolute Gasteiger partial charge is 0.137 e. The number of rotatable bonds is 4. The molecular weight excluding hydrogens is 317 g/mol. The fraction of sp³-hybridized carbons (Fsp3) is 0.294. The van der Waals surface area contributed by atoms with Crippen molar-refractivity contribution in [3.8, 4) is 0 Å². The molecular formula is C17H19BrFN. The summed E-state index contributed by atoms with van der Waals surface area (Å²) in [5.74, 6) is 0.273. The SMILES string of the molecule is CC(C)c1cccc(NC(C)c2ccc(F)c(Br)c2)c1. The van der Waals surface area contributed by atoms with Crippen molar-refractivity contribution in [2.45, 2.75) is 32.7 Å². The van der Waals surface area contributed by atoms with Crippen molar-refractivity contribution in [3.63, 3.8) is 0 Å². The number of hydrogen-bond donors (Lipinski definition) is 1. The lowest BCUT2D eigenvalue weighted by Crippen LogP contribution is -2.07. The van der Waals surface area contributed by atoms with E-state index in [2.05, 4.69) is 66.3 Å². The Balaban J connectivity index is 2.16. The molecule has 1 atom stereocenters. The van der Waals surface area contributed by atoms with Crippen molar-refractivity contribution < 1.29 is 4.39 Å². The van der Waals surface area contributed by atoms with Crippen molar-refractivity contribution in [1.29, 1.82) is 0 Å². The molecule has 0 aliphatic carbocycles. The molecule has 0 bridgehead atoms. The molecule has 2 aromatic carbocycles. The van der Waals surface area contributed by atoms with Crippen LogP contribution in [0, 0.1) is 5.82 Å². The minimum Gasteiger partial charge on any atom is -0.379 e. The predicted octanol–water partition coefficient (Wildman–Crippen LogP) is 5.88. The zero-order chi connectivity index (χ0) is 14.7. The maximum atomic E-state index is 13.3. The normalized spacial score (nSPS) is 12.5. The van der Waals surface area contributed by atoms with Gasteiger partial charge in [0, 0.05) is 11.7 Å². The first-order valence-corrected chi connectivity index (χ1v) is 7.58. The van der Waals surface area contributed by atoms with Crippen molar-refractivity contribution in [2.24, 2.45) is 0 Å². The minimum atomic E-state index is -0.234. The van der Waals surface area contributed by atoms with Crippen LogP contribution < -0.4 is 5.32 Å². The zero-order valence-electron chi connectivity index (χ0n) is 12.0.